The van der Waals surface area contributed by atoms with Gasteiger partial charge in [-0.05, 0) is 0 Å². The number of hydrogen-bond acceptors (Lipinski definition) is 0. The summed E-state index contributed by atoms with van der Waals surface area (Å²) in [4.78, 5) is 0. The molecule has 2 saturated carbocycles. The molecule has 2 rings (SSSR count). The molecule has 0 amide bonds. The van der Waals surface area contributed by atoms with Crippen LogP contribution in [0.25, 0.3) is 0 Å². The molecule has 0 radical (unpaired) electrons. The first kappa shape index (κ1) is 28.3. The van der Waals surface area contributed by atoms with Crippen molar-refractivity contribution in [2.45, 2.75) is 198 Å². The molecule has 32 heavy (non-hydrogen) atoms. The molecule has 0 heterocycles. The summed E-state index contributed by atoms with van der Waals surface area (Å²) in [6.07, 6.45) is 44.0. The second kappa shape index (κ2) is 21.6. The lowest BCUT2D eigenvalue weighted by Gasteiger charge is -2.23. The minimum absolute atomic E-state index is 1.05. The average molecular weight is 445 g/mol. The van der Waals surface area contributed by atoms with E-state index >= 15 is 0 Å². The van der Waals surface area contributed by atoms with Gasteiger partial charge < -0.3 is 0 Å². The van der Waals surface area contributed by atoms with Gasteiger partial charge in [-0.15, -0.1) is 0 Å². The summed E-state index contributed by atoms with van der Waals surface area (Å²) in [5, 5.41) is 0. The van der Waals surface area contributed by atoms with E-state index in [1.54, 1.807) is 33.0 Å². The van der Waals surface area contributed by atoms with E-state index < -0.39 is 0 Å². The molecule has 0 saturated heterocycles. The van der Waals surface area contributed by atoms with E-state index in [4.69, 9.17) is 0 Å². The second-order valence-electron chi connectivity index (χ2n) is 12.0. The first-order valence-electron chi connectivity index (χ1n) is 15.9. The summed E-state index contributed by atoms with van der Waals surface area (Å²) in [5.41, 5.74) is 0. The zero-order chi connectivity index (χ0) is 22.4. The molecule has 0 aromatic carbocycles. The van der Waals surface area contributed by atoms with Gasteiger partial charge in [-0.1, -0.05) is 198 Å². The maximum absolute atomic E-state index is 1.58. The van der Waals surface area contributed by atoms with E-state index in [2.05, 4.69) is 0 Å². The molecule has 188 valence electrons. The van der Waals surface area contributed by atoms with Gasteiger partial charge in [-0.2, -0.15) is 0 Å². The monoisotopic (exact) mass is 444 g/mol. The number of hydrogen-bond donors (Lipinski definition) is 0. The van der Waals surface area contributed by atoms with Crippen molar-refractivity contribution in [3.63, 3.8) is 0 Å². The highest BCUT2D eigenvalue weighted by Gasteiger charge is 2.18. The van der Waals surface area contributed by atoms with Crippen LogP contribution in [0.3, 0.4) is 0 Å². The fourth-order valence-electron chi connectivity index (χ4n) is 6.68. The lowest BCUT2D eigenvalue weighted by Crippen LogP contribution is -2.13. The van der Waals surface area contributed by atoms with E-state index in [1.807, 2.05) is 0 Å². The Morgan fingerprint density at radius 2 is 0.375 bits per heavy atom. The number of rotatable bonds is 2. The van der Waals surface area contributed by atoms with Crippen LogP contribution in [-0.2, 0) is 0 Å². The Labute approximate surface area is 205 Å². The van der Waals surface area contributed by atoms with Crippen molar-refractivity contribution in [2.24, 2.45) is 0 Å². The van der Waals surface area contributed by atoms with E-state index in [9.17, 15) is 0 Å². The smallest absolute Gasteiger partial charge is 0.0654 e. The Kier molecular flexibility index (Phi) is 19.1. The lowest BCUT2D eigenvalue weighted by atomic mass is 9.50. The van der Waals surface area contributed by atoms with E-state index in [-0.39, 0.29) is 0 Å². The van der Waals surface area contributed by atoms with Gasteiger partial charge in [0.05, 0.1) is 0 Å². The molecule has 2 aliphatic carbocycles. The van der Waals surface area contributed by atoms with Gasteiger partial charge in [-0.25, -0.2) is 0 Å². The van der Waals surface area contributed by atoms with E-state index in [0.717, 1.165) is 11.6 Å². The van der Waals surface area contributed by atoms with Crippen molar-refractivity contribution < 1.29 is 0 Å². The van der Waals surface area contributed by atoms with Crippen LogP contribution in [0.4, 0.5) is 0 Å². The molecule has 2 aliphatic rings. The van der Waals surface area contributed by atoms with Crippen molar-refractivity contribution in [3.8, 4) is 0 Å². The van der Waals surface area contributed by atoms with Gasteiger partial charge in [0.25, 0.3) is 0 Å². The molecule has 0 spiro atoms. The van der Waals surface area contributed by atoms with Crippen LogP contribution in [0.2, 0.25) is 11.6 Å². The quantitative estimate of drug-likeness (QED) is 0.371. The largest absolute Gasteiger partial charge is 0.127 e. The zero-order valence-electron chi connectivity index (χ0n) is 22.4. The standard InChI is InChI=1S/C31H61B/c1-2-6-10-14-18-22-26-30(27-23-19-15-11-7-3-1)32-31-28-24-20-16-12-8-4-5-9-13-17-21-25-29-31/h30-32H,1-29H2. The Hall–Kier alpha value is 0.0649. The van der Waals surface area contributed by atoms with E-state index in [1.165, 1.54) is 161 Å². The first-order chi connectivity index (χ1) is 15.9. The fraction of sp³-hybridized carbons (Fsp3) is 1.00. The molecule has 0 N–H and O–H groups in total. The predicted molar refractivity (Wildman–Crippen MR) is 149 cm³/mol. The molecule has 0 atom stereocenters. The third kappa shape index (κ3) is 16.6. The van der Waals surface area contributed by atoms with Crippen LogP contribution >= 0.6 is 0 Å². The third-order valence-corrected chi connectivity index (χ3v) is 8.87. The molecule has 2 fully saturated rings. The Morgan fingerprint density at radius 1 is 0.219 bits per heavy atom. The molecule has 0 nitrogen and oxygen atoms in total. The van der Waals surface area contributed by atoms with Crippen LogP contribution in [0, 0.1) is 0 Å². The SMILES string of the molecule is B(C1CCCCCCCCCCCCCCC1)C1CCCCCCCCCCCCCC1. The summed E-state index contributed by atoms with van der Waals surface area (Å²) in [7, 11) is 1.58. The summed E-state index contributed by atoms with van der Waals surface area (Å²) in [5.74, 6) is 2.10. The lowest BCUT2D eigenvalue weighted by molar-refractivity contribution is 0.495. The molecule has 0 aliphatic heterocycles. The summed E-state index contributed by atoms with van der Waals surface area (Å²) >= 11 is 0. The Morgan fingerprint density at radius 3 is 0.562 bits per heavy atom. The van der Waals surface area contributed by atoms with Gasteiger partial charge in [0.15, 0.2) is 0 Å². The van der Waals surface area contributed by atoms with Gasteiger partial charge in [-0.3, -0.25) is 0 Å². The topological polar surface area (TPSA) is 0 Å². The fourth-order valence-corrected chi connectivity index (χ4v) is 6.68. The van der Waals surface area contributed by atoms with Crippen LogP contribution in [-0.4, -0.2) is 7.28 Å². The van der Waals surface area contributed by atoms with Crippen LogP contribution < -0.4 is 0 Å². The minimum Gasteiger partial charge on any atom is -0.0654 e. The summed E-state index contributed by atoms with van der Waals surface area (Å²) in [6.45, 7) is 0. The van der Waals surface area contributed by atoms with Crippen LogP contribution in [0.15, 0.2) is 0 Å². The molecular weight excluding hydrogens is 383 g/mol. The second-order valence-corrected chi connectivity index (χ2v) is 12.0. The highest BCUT2D eigenvalue weighted by molar-refractivity contribution is 6.39. The molecule has 0 aromatic heterocycles. The molecule has 0 aromatic rings. The Bertz CT molecular complexity index is 347. The summed E-state index contributed by atoms with van der Waals surface area (Å²) in [6, 6.07) is 0. The summed E-state index contributed by atoms with van der Waals surface area (Å²) < 4.78 is 0. The zero-order valence-corrected chi connectivity index (χ0v) is 22.4. The molecule has 0 unspecified atom stereocenters. The third-order valence-electron chi connectivity index (χ3n) is 8.87. The van der Waals surface area contributed by atoms with Crippen molar-refractivity contribution >= 4 is 7.28 Å². The normalized spacial score (nSPS) is 25.4. The van der Waals surface area contributed by atoms with Crippen molar-refractivity contribution in [3.05, 3.63) is 0 Å². The van der Waals surface area contributed by atoms with E-state index in [0.29, 0.717) is 0 Å². The molecule has 1 heteroatoms. The first-order valence-corrected chi connectivity index (χ1v) is 15.9. The van der Waals surface area contributed by atoms with Crippen molar-refractivity contribution in [1.82, 2.24) is 0 Å². The van der Waals surface area contributed by atoms with Gasteiger partial charge in [0.2, 0.25) is 0 Å². The minimum atomic E-state index is 1.05. The van der Waals surface area contributed by atoms with Crippen LogP contribution in [0.5, 0.6) is 0 Å². The van der Waals surface area contributed by atoms with Crippen LogP contribution in [0.1, 0.15) is 186 Å². The Balaban J connectivity index is 1.77. The van der Waals surface area contributed by atoms with Gasteiger partial charge >= 0.3 is 0 Å². The predicted octanol–water partition coefficient (Wildman–Crippen LogP) is 11.3. The molecule has 0 bridgehead atoms. The highest BCUT2D eigenvalue weighted by Crippen LogP contribution is 2.32. The van der Waals surface area contributed by atoms with Crippen molar-refractivity contribution in [1.29, 1.82) is 0 Å². The maximum Gasteiger partial charge on any atom is 0.127 e. The maximum atomic E-state index is 1.58. The molecular formula is C31H61B. The van der Waals surface area contributed by atoms with Gasteiger partial charge in [0, 0.05) is 0 Å². The average Bonchev–Trinajstić information content (AvgIpc) is 2.80. The highest BCUT2D eigenvalue weighted by atomic mass is 14.1. The van der Waals surface area contributed by atoms with Gasteiger partial charge in [0.1, 0.15) is 7.28 Å². The van der Waals surface area contributed by atoms with Crippen molar-refractivity contribution in [2.75, 3.05) is 0 Å².